The monoisotopic (exact) mass is 344 g/mol. The summed E-state index contributed by atoms with van der Waals surface area (Å²) in [5.41, 5.74) is 1.43. The molecule has 0 saturated carbocycles. The molecule has 0 spiro atoms. The molecule has 0 radical (unpaired) electrons. The van der Waals surface area contributed by atoms with E-state index in [-0.39, 0.29) is 16.4 Å². The molecule has 2 N–H and O–H groups in total. The highest BCUT2D eigenvalue weighted by Crippen LogP contribution is 2.27. The van der Waals surface area contributed by atoms with E-state index in [1.807, 2.05) is 0 Å². The lowest BCUT2D eigenvalue weighted by atomic mass is 10.3. The lowest BCUT2D eigenvalue weighted by Crippen LogP contribution is -2.14. The summed E-state index contributed by atoms with van der Waals surface area (Å²) in [6, 6.07) is 0. The van der Waals surface area contributed by atoms with Gasteiger partial charge in [-0.2, -0.15) is 5.10 Å². The summed E-state index contributed by atoms with van der Waals surface area (Å²) in [6.45, 7) is 4.94. The Morgan fingerprint density at radius 1 is 1.32 bits per heavy atom. The van der Waals surface area contributed by atoms with E-state index < -0.39 is 16.0 Å². The summed E-state index contributed by atoms with van der Waals surface area (Å²) in [7, 11) is -2.48. The van der Waals surface area contributed by atoms with Crippen LogP contribution in [0.15, 0.2) is 4.90 Å². The van der Waals surface area contributed by atoms with Crippen molar-refractivity contribution in [2.75, 3.05) is 11.8 Å². The first-order valence-electron chi connectivity index (χ1n) is 6.32. The molecular formula is C12H16N4O4S2. The summed E-state index contributed by atoms with van der Waals surface area (Å²) < 4.78 is 31.8. The SMILES string of the molecule is COC(=O)Cc1sc(NS(=O)(=O)c2c(C)n[nH]c2C)nc1C. The third-order valence-corrected chi connectivity index (χ3v) is 5.78. The molecule has 0 bridgehead atoms. The molecule has 2 aromatic heterocycles. The van der Waals surface area contributed by atoms with Gasteiger partial charge in [0.15, 0.2) is 5.13 Å². The molecule has 0 aliphatic rings. The molecule has 0 atom stereocenters. The number of ether oxygens (including phenoxy) is 1. The number of hydrogen-bond acceptors (Lipinski definition) is 7. The highest BCUT2D eigenvalue weighted by Gasteiger charge is 2.24. The van der Waals surface area contributed by atoms with Crippen molar-refractivity contribution in [2.24, 2.45) is 0 Å². The van der Waals surface area contributed by atoms with Gasteiger partial charge in [0, 0.05) is 4.88 Å². The average Bonchev–Trinajstić information content (AvgIpc) is 2.92. The normalized spacial score (nSPS) is 11.5. The third kappa shape index (κ3) is 3.28. The zero-order chi connectivity index (χ0) is 16.5. The van der Waals surface area contributed by atoms with Crippen LogP contribution in [0.1, 0.15) is 22.0 Å². The maximum absolute atomic E-state index is 12.4. The van der Waals surface area contributed by atoms with Crippen molar-refractivity contribution in [1.29, 1.82) is 0 Å². The van der Waals surface area contributed by atoms with E-state index in [9.17, 15) is 13.2 Å². The van der Waals surface area contributed by atoms with E-state index in [1.54, 1.807) is 20.8 Å². The van der Waals surface area contributed by atoms with Gasteiger partial charge < -0.3 is 4.74 Å². The number of methoxy groups -OCH3 is 1. The Bertz CT molecular complexity index is 788. The van der Waals surface area contributed by atoms with Gasteiger partial charge in [-0.1, -0.05) is 0 Å². The van der Waals surface area contributed by atoms with Gasteiger partial charge >= 0.3 is 5.97 Å². The number of thiazole rings is 1. The molecule has 0 aliphatic carbocycles. The average molecular weight is 344 g/mol. The molecular weight excluding hydrogens is 328 g/mol. The van der Waals surface area contributed by atoms with E-state index in [4.69, 9.17) is 0 Å². The molecule has 2 heterocycles. The fraction of sp³-hybridized carbons (Fsp3) is 0.417. The Kier molecular flexibility index (Phi) is 4.52. The van der Waals surface area contributed by atoms with Gasteiger partial charge in [0.1, 0.15) is 4.90 Å². The van der Waals surface area contributed by atoms with E-state index in [1.165, 1.54) is 7.11 Å². The Balaban J connectivity index is 2.28. The van der Waals surface area contributed by atoms with Crippen LogP contribution in [0.4, 0.5) is 5.13 Å². The van der Waals surface area contributed by atoms with Crippen molar-refractivity contribution in [2.45, 2.75) is 32.1 Å². The van der Waals surface area contributed by atoms with Crippen LogP contribution in [-0.4, -0.2) is 36.7 Å². The maximum Gasteiger partial charge on any atom is 0.310 e. The fourth-order valence-electron chi connectivity index (χ4n) is 1.94. The van der Waals surface area contributed by atoms with Crippen molar-refractivity contribution < 1.29 is 17.9 Å². The number of anilines is 1. The van der Waals surface area contributed by atoms with Crippen molar-refractivity contribution in [3.8, 4) is 0 Å². The van der Waals surface area contributed by atoms with Crippen LogP contribution < -0.4 is 4.72 Å². The number of esters is 1. The third-order valence-electron chi connectivity index (χ3n) is 2.98. The number of rotatable bonds is 5. The second-order valence-corrected chi connectivity index (χ2v) is 7.35. The van der Waals surface area contributed by atoms with Crippen LogP contribution >= 0.6 is 11.3 Å². The van der Waals surface area contributed by atoms with Gasteiger partial charge in [-0.15, -0.1) is 11.3 Å². The highest BCUT2D eigenvalue weighted by molar-refractivity contribution is 7.93. The first kappa shape index (κ1) is 16.4. The second-order valence-electron chi connectivity index (χ2n) is 4.65. The van der Waals surface area contributed by atoms with E-state index in [2.05, 4.69) is 24.6 Å². The largest absolute Gasteiger partial charge is 0.469 e. The minimum absolute atomic E-state index is 0.0610. The van der Waals surface area contributed by atoms with Crippen LogP contribution in [-0.2, 0) is 26.0 Å². The van der Waals surface area contributed by atoms with Crippen LogP contribution in [0.25, 0.3) is 0 Å². The van der Waals surface area contributed by atoms with Crippen LogP contribution in [0.5, 0.6) is 0 Å². The number of carbonyl (C=O) groups is 1. The number of aryl methyl sites for hydroxylation is 3. The van der Waals surface area contributed by atoms with Crippen LogP contribution in [0.2, 0.25) is 0 Å². The lowest BCUT2D eigenvalue weighted by Gasteiger charge is -2.04. The predicted octanol–water partition coefficient (Wildman–Crippen LogP) is 1.31. The Morgan fingerprint density at radius 2 is 2.00 bits per heavy atom. The molecule has 22 heavy (non-hydrogen) atoms. The maximum atomic E-state index is 12.4. The van der Waals surface area contributed by atoms with Crippen molar-refractivity contribution in [3.05, 3.63) is 22.0 Å². The number of H-pyrrole nitrogens is 1. The number of sulfonamides is 1. The zero-order valence-electron chi connectivity index (χ0n) is 12.6. The zero-order valence-corrected chi connectivity index (χ0v) is 14.2. The molecule has 10 heteroatoms. The van der Waals surface area contributed by atoms with Gasteiger partial charge in [0.25, 0.3) is 10.0 Å². The summed E-state index contributed by atoms with van der Waals surface area (Å²) >= 11 is 1.11. The molecule has 0 aromatic carbocycles. The van der Waals surface area contributed by atoms with Gasteiger partial charge in [0.05, 0.1) is 30.6 Å². The smallest absolute Gasteiger partial charge is 0.310 e. The van der Waals surface area contributed by atoms with Crippen LogP contribution in [0.3, 0.4) is 0 Å². The summed E-state index contributed by atoms with van der Waals surface area (Å²) in [6.07, 6.45) is 0.0610. The Hall–Kier alpha value is -1.94. The van der Waals surface area contributed by atoms with Gasteiger partial charge in [0.2, 0.25) is 0 Å². The molecule has 0 unspecified atom stereocenters. The minimum Gasteiger partial charge on any atom is -0.469 e. The van der Waals surface area contributed by atoms with Crippen molar-refractivity contribution in [3.63, 3.8) is 0 Å². The number of nitrogens with one attached hydrogen (secondary N) is 2. The minimum atomic E-state index is -3.78. The molecule has 0 aliphatic heterocycles. The molecule has 0 saturated heterocycles. The Labute approximate surface area is 132 Å². The highest BCUT2D eigenvalue weighted by atomic mass is 32.2. The number of aromatic nitrogens is 3. The molecule has 0 fully saturated rings. The number of nitrogens with zero attached hydrogens (tertiary/aromatic N) is 2. The van der Waals surface area contributed by atoms with E-state index in [0.29, 0.717) is 22.0 Å². The van der Waals surface area contributed by atoms with Gasteiger partial charge in [-0.05, 0) is 20.8 Å². The topological polar surface area (TPSA) is 114 Å². The first-order valence-corrected chi connectivity index (χ1v) is 8.62. The fourth-order valence-corrected chi connectivity index (χ4v) is 4.50. The predicted molar refractivity (Wildman–Crippen MR) is 81.4 cm³/mol. The Morgan fingerprint density at radius 3 is 2.55 bits per heavy atom. The summed E-state index contributed by atoms with van der Waals surface area (Å²) in [5, 5.41) is 6.71. The lowest BCUT2D eigenvalue weighted by molar-refractivity contribution is -0.139. The summed E-state index contributed by atoms with van der Waals surface area (Å²) in [5.74, 6) is -0.400. The molecule has 0 amide bonds. The quantitative estimate of drug-likeness (QED) is 0.790. The summed E-state index contributed by atoms with van der Waals surface area (Å²) in [4.78, 5) is 16.2. The van der Waals surface area contributed by atoms with Gasteiger partial charge in [-0.25, -0.2) is 13.4 Å². The molecule has 2 aromatic rings. The number of hydrogen-bond donors (Lipinski definition) is 2. The standard InChI is InChI=1S/C12H16N4O4S2/c1-6-9(5-10(17)20-4)21-12(13-6)16-22(18,19)11-7(2)14-15-8(11)3/h5H2,1-4H3,(H,13,16)(H,14,15). The molecule has 8 nitrogen and oxygen atoms in total. The van der Waals surface area contributed by atoms with Crippen molar-refractivity contribution in [1.82, 2.24) is 15.2 Å². The van der Waals surface area contributed by atoms with Crippen LogP contribution in [0, 0.1) is 20.8 Å². The molecule has 120 valence electrons. The first-order chi connectivity index (χ1) is 10.2. The number of carbonyl (C=O) groups excluding carboxylic acids is 1. The van der Waals surface area contributed by atoms with Gasteiger partial charge in [-0.3, -0.25) is 14.6 Å². The number of aromatic amines is 1. The van der Waals surface area contributed by atoms with E-state index in [0.717, 1.165) is 11.3 Å². The molecule has 2 rings (SSSR count). The van der Waals surface area contributed by atoms with E-state index >= 15 is 0 Å². The van der Waals surface area contributed by atoms with Crippen molar-refractivity contribution >= 4 is 32.5 Å². The second kappa shape index (κ2) is 6.05.